The number of hydrogen-bond acceptors (Lipinski definition) is 2. The molecule has 0 saturated carbocycles. The lowest BCUT2D eigenvalue weighted by Gasteiger charge is -2.30. The van der Waals surface area contributed by atoms with Gasteiger partial charge in [-0.3, -0.25) is 0 Å². The zero-order valence-corrected chi connectivity index (χ0v) is 41.3. The Morgan fingerprint density at radius 1 is 0.187 bits per heavy atom. The molecule has 2 heteroatoms. The maximum atomic E-state index is 2.38. The predicted molar refractivity (Wildman–Crippen MR) is 314 cm³/mol. The summed E-state index contributed by atoms with van der Waals surface area (Å²) in [4.78, 5) is 4.71. The van der Waals surface area contributed by atoms with Gasteiger partial charge in [0.2, 0.25) is 0 Å². The predicted octanol–water partition coefficient (Wildman–Crippen LogP) is 19.6. The van der Waals surface area contributed by atoms with Gasteiger partial charge in [-0.15, -0.1) is 0 Å². The van der Waals surface area contributed by atoms with Crippen LogP contribution in [0.1, 0.15) is 22.3 Å². The van der Waals surface area contributed by atoms with Gasteiger partial charge in [-0.05, 0) is 162 Å². The van der Waals surface area contributed by atoms with Crippen LogP contribution in [-0.2, 0) is 5.41 Å². The van der Waals surface area contributed by atoms with Crippen LogP contribution in [0.5, 0.6) is 0 Å². The molecule has 1 spiro atoms. The fraction of sp³-hybridized carbons (Fsp3) is 0.0137. The van der Waals surface area contributed by atoms with Gasteiger partial charge in [0.25, 0.3) is 0 Å². The monoisotopic (exact) mass is 954 g/mol. The van der Waals surface area contributed by atoms with Crippen molar-refractivity contribution >= 4 is 34.1 Å². The topological polar surface area (TPSA) is 6.48 Å². The summed E-state index contributed by atoms with van der Waals surface area (Å²) in [5, 5.41) is 0. The molecular weight excluding hydrogens is 905 g/mol. The first kappa shape index (κ1) is 44.0. The van der Waals surface area contributed by atoms with E-state index in [4.69, 9.17) is 0 Å². The Balaban J connectivity index is 0.828. The number of fused-ring (bicyclic) bond motifs is 10. The highest BCUT2D eigenvalue weighted by Crippen LogP contribution is 2.64. The standard InChI is InChI=1S/C73H50N2/c1-4-21-51(22-5-1)52-41-45-58(46-42-52)74(56-25-6-2-7-26-56)60-29-18-23-54(49-60)55-24-19-30-61(50-55)75(57-27-8-3-9-28-57)59-47-43-53(44-48-59)62-31-10-11-32-63(62)66-36-20-40-71-72(66)67-35-14-17-39-70(67)73(71)68-37-15-12-33-64(68)65-34-13-16-38-69(65)73/h1-50H. The first-order valence-electron chi connectivity index (χ1n) is 25.9. The van der Waals surface area contributed by atoms with E-state index in [9.17, 15) is 0 Å². The first-order chi connectivity index (χ1) is 37.2. The van der Waals surface area contributed by atoms with Gasteiger partial charge in [0, 0.05) is 34.1 Å². The Morgan fingerprint density at radius 2 is 0.520 bits per heavy atom. The fourth-order valence-electron chi connectivity index (χ4n) is 12.3. The van der Waals surface area contributed by atoms with Crippen molar-refractivity contribution in [1.29, 1.82) is 0 Å². The van der Waals surface area contributed by atoms with E-state index >= 15 is 0 Å². The molecule has 0 fully saturated rings. The third-order valence-corrected chi connectivity index (χ3v) is 15.5. The SMILES string of the molecule is c1ccc(-c2ccc(N(c3ccccc3)c3cccc(-c4cccc(N(c5ccccc5)c5ccc(-c6ccccc6-c6cccc7c6-c6ccccc6C76c7ccccc7-c7ccccc76)cc5)c4)c3)cc2)cc1. The third kappa shape index (κ3) is 7.33. The Hall–Kier alpha value is -9.76. The average molecular weight is 955 g/mol. The van der Waals surface area contributed by atoms with Crippen LogP contribution in [0.25, 0.3) is 66.8 Å². The Kier molecular flexibility index (Phi) is 10.8. The molecule has 0 aliphatic heterocycles. The van der Waals surface area contributed by atoms with Crippen molar-refractivity contribution in [3.8, 4) is 66.8 Å². The fourth-order valence-corrected chi connectivity index (χ4v) is 12.3. The molecule has 0 aromatic heterocycles. The molecule has 14 rings (SSSR count). The van der Waals surface area contributed by atoms with E-state index in [-0.39, 0.29) is 0 Å². The zero-order valence-electron chi connectivity index (χ0n) is 41.3. The minimum Gasteiger partial charge on any atom is -0.310 e. The summed E-state index contributed by atoms with van der Waals surface area (Å²) in [6, 6.07) is 111. The second-order valence-electron chi connectivity index (χ2n) is 19.6. The summed E-state index contributed by atoms with van der Waals surface area (Å²) in [7, 11) is 0. The second-order valence-corrected chi connectivity index (χ2v) is 19.6. The van der Waals surface area contributed by atoms with Gasteiger partial charge in [0.1, 0.15) is 0 Å². The molecule has 12 aromatic rings. The third-order valence-electron chi connectivity index (χ3n) is 15.5. The van der Waals surface area contributed by atoms with Crippen LogP contribution in [0.2, 0.25) is 0 Å². The van der Waals surface area contributed by atoms with E-state index in [1.165, 1.54) is 77.9 Å². The number of para-hydroxylation sites is 2. The molecule has 352 valence electrons. The molecule has 0 N–H and O–H groups in total. The Morgan fingerprint density at radius 3 is 1.05 bits per heavy atom. The average Bonchev–Trinajstić information content (AvgIpc) is 4.18. The minimum absolute atomic E-state index is 0.398. The van der Waals surface area contributed by atoms with Crippen LogP contribution in [0, 0.1) is 0 Å². The summed E-state index contributed by atoms with van der Waals surface area (Å²) >= 11 is 0. The molecule has 12 aromatic carbocycles. The summed E-state index contributed by atoms with van der Waals surface area (Å²) in [5.41, 5.74) is 26.3. The molecule has 75 heavy (non-hydrogen) atoms. The summed E-state index contributed by atoms with van der Waals surface area (Å²) in [6.45, 7) is 0. The van der Waals surface area contributed by atoms with Gasteiger partial charge in [-0.1, -0.05) is 231 Å². The van der Waals surface area contributed by atoms with E-state index in [1.807, 2.05) is 0 Å². The molecule has 0 amide bonds. The number of hydrogen-bond donors (Lipinski definition) is 0. The highest BCUT2D eigenvalue weighted by Gasteiger charge is 2.52. The largest absolute Gasteiger partial charge is 0.310 e. The van der Waals surface area contributed by atoms with Gasteiger partial charge >= 0.3 is 0 Å². The first-order valence-corrected chi connectivity index (χ1v) is 25.9. The lowest BCUT2D eigenvalue weighted by atomic mass is 9.70. The van der Waals surface area contributed by atoms with Crippen LogP contribution < -0.4 is 9.80 Å². The van der Waals surface area contributed by atoms with Crippen LogP contribution in [0.4, 0.5) is 34.1 Å². The normalized spacial score (nSPS) is 12.4. The van der Waals surface area contributed by atoms with Crippen LogP contribution in [0.15, 0.2) is 303 Å². The maximum Gasteiger partial charge on any atom is 0.0725 e. The van der Waals surface area contributed by atoms with Crippen molar-refractivity contribution in [2.75, 3.05) is 9.80 Å². The molecule has 2 nitrogen and oxygen atoms in total. The molecule has 0 saturated heterocycles. The Bertz CT molecular complexity index is 4000. The number of anilines is 6. The highest BCUT2D eigenvalue weighted by atomic mass is 15.1. The molecule has 0 radical (unpaired) electrons. The lowest BCUT2D eigenvalue weighted by Crippen LogP contribution is -2.25. The summed E-state index contributed by atoms with van der Waals surface area (Å²) in [6.07, 6.45) is 0. The number of rotatable bonds is 10. The molecule has 0 unspecified atom stereocenters. The van der Waals surface area contributed by atoms with Crippen molar-refractivity contribution in [2.24, 2.45) is 0 Å². The number of benzene rings is 12. The molecule has 2 aliphatic rings. The molecule has 0 atom stereocenters. The Labute approximate surface area is 439 Å². The van der Waals surface area contributed by atoms with Crippen LogP contribution >= 0.6 is 0 Å². The van der Waals surface area contributed by atoms with Crippen molar-refractivity contribution in [3.63, 3.8) is 0 Å². The molecule has 2 aliphatic carbocycles. The highest BCUT2D eigenvalue weighted by molar-refractivity contribution is 6.02. The van der Waals surface area contributed by atoms with E-state index in [0.717, 1.165) is 45.3 Å². The maximum absolute atomic E-state index is 2.38. The van der Waals surface area contributed by atoms with Crippen molar-refractivity contribution in [3.05, 3.63) is 326 Å². The molecular formula is C73H50N2. The van der Waals surface area contributed by atoms with Crippen molar-refractivity contribution < 1.29 is 0 Å². The smallest absolute Gasteiger partial charge is 0.0725 e. The van der Waals surface area contributed by atoms with E-state index in [0.29, 0.717) is 0 Å². The molecule has 0 bridgehead atoms. The van der Waals surface area contributed by atoms with Crippen LogP contribution in [-0.4, -0.2) is 0 Å². The second kappa shape index (κ2) is 18.4. The zero-order chi connectivity index (χ0) is 49.7. The van der Waals surface area contributed by atoms with E-state index < -0.39 is 5.41 Å². The van der Waals surface area contributed by atoms with E-state index in [2.05, 4.69) is 313 Å². The minimum atomic E-state index is -0.398. The lowest BCUT2D eigenvalue weighted by molar-refractivity contribution is 0.794. The summed E-state index contributed by atoms with van der Waals surface area (Å²) < 4.78 is 0. The van der Waals surface area contributed by atoms with Gasteiger partial charge < -0.3 is 9.80 Å². The van der Waals surface area contributed by atoms with Crippen molar-refractivity contribution in [1.82, 2.24) is 0 Å². The van der Waals surface area contributed by atoms with E-state index in [1.54, 1.807) is 0 Å². The van der Waals surface area contributed by atoms with Gasteiger partial charge in [0.15, 0.2) is 0 Å². The van der Waals surface area contributed by atoms with Gasteiger partial charge in [-0.2, -0.15) is 0 Å². The van der Waals surface area contributed by atoms with Gasteiger partial charge in [-0.25, -0.2) is 0 Å². The quantitative estimate of drug-likeness (QED) is 0.135. The summed E-state index contributed by atoms with van der Waals surface area (Å²) in [5.74, 6) is 0. The van der Waals surface area contributed by atoms with Crippen LogP contribution in [0.3, 0.4) is 0 Å². The molecule has 0 heterocycles. The van der Waals surface area contributed by atoms with Crippen molar-refractivity contribution in [2.45, 2.75) is 5.41 Å². The number of nitrogens with zero attached hydrogens (tertiary/aromatic N) is 2. The van der Waals surface area contributed by atoms with Gasteiger partial charge in [0.05, 0.1) is 5.41 Å².